The number of rotatable bonds is 9. The normalized spacial score (nSPS) is 12.4. The van der Waals surface area contributed by atoms with E-state index in [0.717, 1.165) is 25.7 Å². The monoisotopic (exact) mass is 266 g/mol. The molecular formula is C15H26N2O2. The van der Waals surface area contributed by atoms with E-state index >= 15 is 0 Å². The summed E-state index contributed by atoms with van der Waals surface area (Å²) in [6.45, 7) is 12.8. The van der Waals surface area contributed by atoms with Crippen LogP contribution < -0.4 is 10.6 Å². The van der Waals surface area contributed by atoms with Gasteiger partial charge in [0.2, 0.25) is 11.8 Å². The second kappa shape index (κ2) is 8.51. The largest absolute Gasteiger partial charge is 0.350 e. The first-order valence-electron chi connectivity index (χ1n) is 6.68. The summed E-state index contributed by atoms with van der Waals surface area (Å²) in [6.07, 6.45) is 6.39. The molecule has 0 aromatic heterocycles. The van der Waals surface area contributed by atoms with Crippen LogP contribution in [0.1, 0.15) is 46.5 Å². The molecule has 0 aliphatic rings. The summed E-state index contributed by atoms with van der Waals surface area (Å²) in [4.78, 5) is 22.3. The number of hydrogen-bond acceptors (Lipinski definition) is 2. The Morgan fingerprint density at radius 3 is 2.26 bits per heavy atom. The van der Waals surface area contributed by atoms with Gasteiger partial charge in [-0.05, 0) is 45.8 Å². The minimum atomic E-state index is -0.223. The van der Waals surface area contributed by atoms with E-state index in [1.54, 1.807) is 0 Å². The third-order valence-electron chi connectivity index (χ3n) is 2.91. The highest BCUT2D eigenvalue weighted by atomic mass is 16.2. The van der Waals surface area contributed by atoms with Gasteiger partial charge in [-0.2, -0.15) is 0 Å². The fourth-order valence-corrected chi connectivity index (χ4v) is 1.84. The minimum absolute atomic E-state index is 0.133. The van der Waals surface area contributed by atoms with Crippen molar-refractivity contribution in [2.24, 2.45) is 0 Å². The summed E-state index contributed by atoms with van der Waals surface area (Å²) in [6, 6.07) is 0.149. The summed E-state index contributed by atoms with van der Waals surface area (Å²) >= 11 is 0. The van der Waals surface area contributed by atoms with Gasteiger partial charge in [-0.1, -0.05) is 26.0 Å². The lowest BCUT2D eigenvalue weighted by atomic mass is 9.95. The van der Waals surface area contributed by atoms with Crippen molar-refractivity contribution in [1.82, 2.24) is 10.6 Å². The predicted octanol–water partition coefficient (Wildman–Crippen LogP) is 2.32. The molecule has 1 atom stereocenters. The van der Waals surface area contributed by atoms with E-state index in [0.29, 0.717) is 0 Å². The number of hydrogen-bond donors (Lipinski definition) is 2. The van der Waals surface area contributed by atoms with E-state index in [1.807, 2.05) is 20.8 Å². The highest BCUT2D eigenvalue weighted by Crippen LogP contribution is 2.14. The number of unbranched alkanes of at least 4 members (excludes halogenated alkanes) is 1. The van der Waals surface area contributed by atoms with E-state index in [4.69, 9.17) is 0 Å². The second-order valence-corrected chi connectivity index (χ2v) is 5.44. The maximum absolute atomic E-state index is 11.2. The van der Waals surface area contributed by atoms with Gasteiger partial charge < -0.3 is 10.6 Å². The maximum Gasteiger partial charge on any atom is 0.243 e. The lowest BCUT2D eigenvalue weighted by molar-refractivity contribution is -0.118. The molecule has 0 saturated heterocycles. The Bertz CT molecular complexity index is 335. The van der Waals surface area contributed by atoms with Crippen LogP contribution in [0.4, 0.5) is 0 Å². The molecule has 0 rings (SSSR count). The van der Waals surface area contributed by atoms with E-state index in [9.17, 15) is 9.59 Å². The molecule has 1 unspecified atom stereocenters. The molecule has 0 bridgehead atoms. The summed E-state index contributed by atoms with van der Waals surface area (Å²) in [5, 5.41) is 5.72. The van der Waals surface area contributed by atoms with Crippen LogP contribution in [0.5, 0.6) is 0 Å². The van der Waals surface area contributed by atoms with Gasteiger partial charge in [0.25, 0.3) is 0 Å². The van der Waals surface area contributed by atoms with Crippen LogP contribution in [0, 0.1) is 0 Å². The van der Waals surface area contributed by atoms with Gasteiger partial charge in [0.1, 0.15) is 0 Å². The number of amides is 2. The van der Waals surface area contributed by atoms with Gasteiger partial charge in [0.15, 0.2) is 0 Å². The van der Waals surface area contributed by atoms with Gasteiger partial charge in [0, 0.05) is 11.6 Å². The quantitative estimate of drug-likeness (QED) is 0.497. The fourth-order valence-electron chi connectivity index (χ4n) is 1.84. The Morgan fingerprint density at radius 2 is 1.74 bits per heavy atom. The predicted molar refractivity (Wildman–Crippen MR) is 78.7 cm³/mol. The zero-order valence-electron chi connectivity index (χ0n) is 12.3. The average Bonchev–Trinajstić information content (AvgIpc) is 2.33. The molecule has 0 spiro atoms. The van der Waals surface area contributed by atoms with Gasteiger partial charge >= 0.3 is 0 Å². The van der Waals surface area contributed by atoms with Crippen molar-refractivity contribution in [2.45, 2.75) is 58.0 Å². The Balaban J connectivity index is 3.84. The highest BCUT2D eigenvalue weighted by Gasteiger charge is 2.18. The minimum Gasteiger partial charge on any atom is -0.350 e. The zero-order chi connectivity index (χ0) is 14.9. The molecule has 0 aliphatic heterocycles. The first-order valence-corrected chi connectivity index (χ1v) is 6.68. The molecule has 0 heterocycles. The van der Waals surface area contributed by atoms with Crippen molar-refractivity contribution in [3.63, 3.8) is 0 Å². The van der Waals surface area contributed by atoms with Gasteiger partial charge in [-0.25, -0.2) is 0 Å². The molecule has 0 radical (unpaired) electrons. The summed E-state index contributed by atoms with van der Waals surface area (Å²) in [7, 11) is 0. The molecular weight excluding hydrogens is 240 g/mol. The second-order valence-electron chi connectivity index (χ2n) is 5.44. The summed E-state index contributed by atoms with van der Waals surface area (Å²) in [5.41, 5.74) is -0.223. The third-order valence-corrected chi connectivity index (χ3v) is 2.91. The molecule has 108 valence electrons. The van der Waals surface area contributed by atoms with Crippen LogP contribution in [-0.4, -0.2) is 23.4 Å². The lowest BCUT2D eigenvalue weighted by Gasteiger charge is -2.25. The Labute approximate surface area is 116 Å². The smallest absolute Gasteiger partial charge is 0.243 e. The van der Waals surface area contributed by atoms with Crippen LogP contribution >= 0.6 is 0 Å². The molecule has 4 nitrogen and oxygen atoms in total. The average molecular weight is 266 g/mol. The first-order chi connectivity index (χ1) is 8.80. The third kappa shape index (κ3) is 9.05. The molecule has 2 amide bonds. The molecule has 0 fully saturated rings. The van der Waals surface area contributed by atoms with Crippen molar-refractivity contribution < 1.29 is 9.59 Å². The van der Waals surface area contributed by atoms with E-state index in [1.165, 1.54) is 12.2 Å². The highest BCUT2D eigenvalue weighted by molar-refractivity contribution is 5.87. The standard InChI is InChI=1S/C15H26N2O2/c1-6-13(18)16-12(3)10-8-9-11-15(4,5)17-14(19)7-2/h6-7,12H,1-2,8-11H2,3-5H3,(H,16,18)(H,17,19). The van der Waals surface area contributed by atoms with Gasteiger partial charge in [0.05, 0.1) is 0 Å². The maximum atomic E-state index is 11.2. The molecule has 4 heteroatoms. The van der Waals surface area contributed by atoms with Crippen molar-refractivity contribution in [1.29, 1.82) is 0 Å². The Kier molecular flexibility index (Phi) is 7.80. The van der Waals surface area contributed by atoms with Gasteiger partial charge in [-0.3, -0.25) is 9.59 Å². The fraction of sp³-hybridized carbons (Fsp3) is 0.600. The van der Waals surface area contributed by atoms with Crippen LogP contribution in [0.15, 0.2) is 25.3 Å². The number of nitrogens with one attached hydrogen (secondary N) is 2. The van der Waals surface area contributed by atoms with Crippen molar-refractivity contribution >= 4 is 11.8 Å². The molecule has 0 aromatic carbocycles. The number of carbonyl (C=O) groups is 2. The zero-order valence-corrected chi connectivity index (χ0v) is 12.3. The van der Waals surface area contributed by atoms with Crippen molar-refractivity contribution in [3.05, 3.63) is 25.3 Å². The molecule has 0 aliphatic carbocycles. The molecule has 2 N–H and O–H groups in total. The van der Waals surface area contributed by atoms with E-state index < -0.39 is 0 Å². The van der Waals surface area contributed by atoms with Crippen molar-refractivity contribution in [3.8, 4) is 0 Å². The van der Waals surface area contributed by atoms with Crippen LogP contribution in [0.2, 0.25) is 0 Å². The topological polar surface area (TPSA) is 58.2 Å². The van der Waals surface area contributed by atoms with Crippen LogP contribution in [0.3, 0.4) is 0 Å². The van der Waals surface area contributed by atoms with Gasteiger partial charge in [-0.15, -0.1) is 0 Å². The molecule has 19 heavy (non-hydrogen) atoms. The van der Waals surface area contributed by atoms with Crippen molar-refractivity contribution in [2.75, 3.05) is 0 Å². The van der Waals surface area contributed by atoms with E-state index in [-0.39, 0.29) is 23.4 Å². The summed E-state index contributed by atoms with van der Waals surface area (Å²) in [5.74, 6) is -0.275. The van der Waals surface area contributed by atoms with Crippen LogP contribution in [0.25, 0.3) is 0 Å². The molecule has 0 aromatic rings. The SMILES string of the molecule is C=CC(=O)NC(C)CCCCC(C)(C)NC(=O)C=C. The Hall–Kier alpha value is -1.58. The number of carbonyl (C=O) groups excluding carboxylic acids is 2. The summed E-state index contributed by atoms with van der Waals surface area (Å²) < 4.78 is 0. The van der Waals surface area contributed by atoms with Crippen LogP contribution in [-0.2, 0) is 9.59 Å². The molecule has 0 saturated carbocycles. The Morgan fingerprint density at radius 1 is 1.16 bits per heavy atom. The lowest BCUT2D eigenvalue weighted by Crippen LogP contribution is -2.42. The van der Waals surface area contributed by atoms with E-state index in [2.05, 4.69) is 23.8 Å². The first kappa shape index (κ1) is 17.4.